The highest BCUT2D eigenvalue weighted by Gasteiger charge is 2.37. The average Bonchev–Trinajstić information content (AvgIpc) is 2.33. The van der Waals surface area contributed by atoms with E-state index >= 15 is 0 Å². The lowest BCUT2D eigenvalue weighted by Crippen LogP contribution is -2.15. The monoisotopic (exact) mass is 278 g/mol. The zero-order valence-electron chi connectivity index (χ0n) is 11.6. The summed E-state index contributed by atoms with van der Waals surface area (Å²) in [5, 5.41) is 9.12. The average molecular weight is 278 g/mol. The molecule has 0 saturated carbocycles. The van der Waals surface area contributed by atoms with Gasteiger partial charge < -0.3 is 0 Å². The first-order valence-corrected chi connectivity index (χ1v) is 5.78. The fourth-order valence-electron chi connectivity index (χ4n) is 1.82. The van der Waals surface area contributed by atoms with Crippen LogP contribution < -0.4 is 0 Å². The highest BCUT2D eigenvalue weighted by Crippen LogP contribution is 2.35. The first kappa shape index (κ1) is 15.8. The molecule has 0 atom stereocenters. The van der Waals surface area contributed by atoms with Gasteiger partial charge in [0, 0.05) is 0 Å². The van der Waals surface area contributed by atoms with E-state index in [1.54, 1.807) is 20.8 Å². The molecule has 0 spiro atoms. The number of pyridine rings is 1. The molecule has 2 nitrogen and oxygen atoms in total. The SMILES string of the molecule is C#Cc1c(C(F)(F)F)nc(C(C#N)=C(C)C)c(C)c1C. The number of terminal acetylenes is 1. The largest absolute Gasteiger partial charge is 0.434 e. The highest BCUT2D eigenvalue weighted by atomic mass is 19.4. The summed E-state index contributed by atoms with van der Waals surface area (Å²) in [5.41, 5.74) is 0.194. The second kappa shape index (κ2) is 5.38. The molecule has 20 heavy (non-hydrogen) atoms. The number of nitrogens with zero attached hydrogens (tertiary/aromatic N) is 2. The molecule has 0 N–H and O–H groups in total. The number of halogens is 3. The molecule has 0 saturated heterocycles. The second-order valence-electron chi connectivity index (χ2n) is 4.56. The van der Waals surface area contributed by atoms with Gasteiger partial charge in [-0.3, -0.25) is 0 Å². The molecule has 5 heteroatoms. The zero-order chi connectivity index (χ0) is 15.7. The van der Waals surface area contributed by atoms with Crippen LogP contribution in [0, 0.1) is 37.5 Å². The molecule has 0 radical (unpaired) electrons. The summed E-state index contributed by atoms with van der Waals surface area (Å²) in [4.78, 5) is 3.62. The highest BCUT2D eigenvalue weighted by molar-refractivity contribution is 5.79. The minimum atomic E-state index is -4.66. The molecule has 104 valence electrons. The lowest BCUT2D eigenvalue weighted by Gasteiger charge is -2.16. The molecule has 0 amide bonds. The van der Waals surface area contributed by atoms with Crippen LogP contribution in [0.3, 0.4) is 0 Å². The molecule has 1 aromatic heterocycles. The molecule has 0 aromatic carbocycles. The third-order valence-corrected chi connectivity index (χ3v) is 3.01. The van der Waals surface area contributed by atoms with Crippen molar-refractivity contribution in [3.05, 3.63) is 33.7 Å². The molecule has 1 aromatic rings. The quantitative estimate of drug-likeness (QED) is 0.574. The van der Waals surface area contributed by atoms with Crippen molar-refractivity contribution in [2.45, 2.75) is 33.9 Å². The fourth-order valence-corrected chi connectivity index (χ4v) is 1.82. The minimum absolute atomic E-state index is 0.0383. The lowest BCUT2D eigenvalue weighted by molar-refractivity contribution is -0.141. The number of rotatable bonds is 1. The summed E-state index contributed by atoms with van der Waals surface area (Å²) in [6, 6.07) is 1.90. The van der Waals surface area contributed by atoms with E-state index in [-0.39, 0.29) is 16.8 Å². The number of hydrogen-bond donors (Lipinski definition) is 0. The zero-order valence-corrected chi connectivity index (χ0v) is 11.6. The van der Waals surface area contributed by atoms with Crippen molar-refractivity contribution in [3.8, 4) is 18.4 Å². The van der Waals surface area contributed by atoms with Crippen molar-refractivity contribution in [3.63, 3.8) is 0 Å². The Balaban J connectivity index is 3.87. The van der Waals surface area contributed by atoms with Gasteiger partial charge in [0.1, 0.15) is 6.07 Å². The molecular formula is C15H13F3N2. The van der Waals surface area contributed by atoms with Crippen LogP contribution in [0.25, 0.3) is 5.57 Å². The Morgan fingerprint density at radius 1 is 1.20 bits per heavy atom. The Kier molecular flexibility index (Phi) is 4.25. The Bertz CT molecular complexity index is 664. The second-order valence-corrected chi connectivity index (χ2v) is 4.56. The van der Waals surface area contributed by atoms with Crippen LogP contribution in [0.5, 0.6) is 0 Å². The van der Waals surface area contributed by atoms with Gasteiger partial charge in [-0.25, -0.2) is 4.98 Å². The first-order chi connectivity index (χ1) is 9.15. The van der Waals surface area contributed by atoms with Crippen LogP contribution in [0.4, 0.5) is 13.2 Å². The normalized spacial score (nSPS) is 10.7. The standard InChI is InChI=1S/C15H13F3N2/c1-6-11-9(4)10(5)13(12(7-19)8(2)3)20-14(11)15(16,17)18/h1H,2-5H3. The van der Waals surface area contributed by atoms with Gasteiger partial charge in [-0.15, -0.1) is 6.42 Å². The van der Waals surface area contributed by atoms with Gasteiger partial charge in [0.25, 0.3) is 0 Å². The van der Waals surface area contributed by atoms with Gasteiger partial charge in [0.05, 0.1) is 16.8 Å². The summed E-state index contributed by atoms with van der Waals surface area (Å²) >= 11 is 0. The van der Waals surface area contributed by atoms with E-state index in [0.717, 1.165) is 0 Å². The van der Waals surface area contributed by atoms with E-state index in [0.29, 0.717) is 16.7 Å². The van der Waals surface area contributed by atoms with E-state index in [9.17, 15) is 13.2 Å². The Morgan fingerprint density at radius 2 is 1.75 bits per heavy atom. The number of nitriles is 1. The molecule has 0 bridgehead atoms. The van der Waals surface area contributed by atoms with Crippen molar-refractivity contribution in [2.75, 3.05) is 0 Å². The van der Waals surface area contributed by atoms with Crippen molar-refractivity contribution < 1.29 is 13.2 Å². The van der Waals surface area contributed by atoms with E-state index < -0.39 is 11.9 Å². The fraction of sp³-hybridized carbons (Fsp3) is 0.333. The van der Waals surface area contributed by atoms with Gasteiger partial charge in [-0.1, -0.05) is 11.5 Å². The van der Waals surface area contributed by atoms with Gasteiger partial charge in [-0.2, -0.15) is 18.4 Å². The van der Waals surface area contributed by atoms with Crippen LogP contribution >= 0.6 is 0 Å². The molecule has 1 heterocycles. The maximum atomic E-state index is 13.0. The van der Waals surface area contributed by atoms with E-state index in [1.807, 2.05) is 12.0 Å². The minimum Gasteiger partial charge on any atom is -0.241 e. The summed E-state index contributed by atoms with van der Waals surface area (Å²) in [6.45, 7) is 6.42. The number of aromatic nitrogens is 1. The van der Waals surface area contributed by atoms with Crippen molar-refractivity contribution in [1.82, 2.24) is 4.98 Å². The molecule has 0 aliphatic carbocycles. The Hall–Kier alpha value is -2.27. The Labute approximate surface area is 115 Å². The van der Waals surface area contributed by atoms with E-state index in [2.05, 4.69) is 4.98 Å². The smallest absolute Gasteiger partial charge is 0.241 e. The third-order valence-electron chi connectivity index (χ3n) is 3.01. The topological polar surface area (TPSA) is 36.7 Å². The third kappa shape index (κ3) is 2.67. The molecule has 1 rings (SSSR count). The molecule has 0 unspecified atom stereocenters. The maximum absolute atomic E-state index is 13.0. The molecule has 0 fully saturated rings. The van der Waals surface area contributed by atoms with Gasteiger partial charge in [0.15, 0.2) is 5.69 Å². The van der Waals surface area contributed by atoms with Crippen molar-refractivity contribution in [2.24, 2.45) is 0 Å². The number of allylic oxidation sites excluding steroid dienone is 2. The molecular weight excluding hydrogens is 265 g/mol. The predicted octanol–water partition coefficient (Wildman–Crippen LogP) is 4.02. The van der Waals surface area contributed by atoms with E-state index in [4.69, 9.17) is 11.7 Å². The molecule has 0 aliphatic heterocycles. The predicted molar refractivity (Wildman–Crippen MR) is 70.5 cm³/mol. The van der Waals surface area contributed by atoms with Crippen LogP contribution in [-0.2, 0) is 6.18 Å². The van der Waals surface area contributed by atoms with Crippen LogP contribution in [0.1, 0.15) is 41.9 Å². The lowest BCUT2D eigenvalue weighted by atomic mass is 9.96. The number of alkyl halides is 3. The van der Waals surface area contributed by atoms with Gasteiger partial charge >= 0.3 is 6.18 Å². The van der Waals surface area contributed by atoms with Gasteiger partial charge in [0.2, 0.25) is 0 Å². The summed E-state index contributed by atoms with van der Waals surface area (Å²) in [5.74, 6) is 2.04. The van der Waals surface area contributed by atoms with Crippen molar-refractivity contribution in [1.29, 1.82) is 5.26 Å². The first-order valence-electron chi connectivity index (χ1n) is 5.78. The van der Waals surface area contributed by atoms with Crippen molar-refractivity contribution >= 4 is 5.57 Å². The van der Waals surface area contributed by atoms with Gasteiger partial charge in [-0.05, 0) is 38.8 Å². The molecule has 0 aliphatic rings. The van der Waals surface area contributed by atoms with E-state index in [1.165, 1.54) is 6.92 Å². The van der Waals surface area contributed by atoms with Crippen LogP contribution in [0.2, 0.25) is 0 Å². The summed E-state index contributed by atoms with van der Waals surface area (Å²) in [7, 11) is 0. The van der Waals surface area contributed by atoms with Crippen LogP contribution in [-0.4, -0.2) is 4.98 Å². The summed E-state index contributed by atoms with van der Waals surface area (Å²) < 4.78 is 39.1. The Morgan fingerprint density at radius 3 is 2.10 bits per heavy atom. The summed E-state index contributed by atoms with van der Waals surface area (Å²) in [6.07, 6.45) is 0.513. The number of hydrogen-bond acceptors (Lipinski definition) is 2. The van der Waals surface area contributed by atoms with Crippen LogP contribution in [0.15, 0.2) is 5.57 Å². The maximum Gasteiger partial charge on any atom is 0.434 e.